The standard InChI is InChI=1S/C10H7S.BrH.Mg/c1-2-5-9(6-3-1)10-7-4-8-11-10;;/h1-2,4-8H;1H;/q;;+1/p-1. The van der Waals surface area contributed by atoms with E-state index < -0.39 is 0 Å². The normalized spacial score (nSPS) is 9.38. The van der Waals surface area contributed by atoms with Gasteiger partial charge in [-0.25, -0.2) is 0 Å². The molecule has 0 aliphatic carbocycles. The molecule has 1 aromatic carbocycles. The van der Waals surface area contributed by atoms with E-state index in [4.69, 9.17) is 0 Å². The zero-order valence-electron chi connectivity index (χ0n) is 7.03. The zero-order valence-corrected chi connectivity index (χ0v) is 10.9. The first-order valence-corrected chi connectivity index (χ1v) is 5.41. The molecule has 0 fully saturated rings. The maximum atomic E-state index is 2.23. The maximum absolute atomic E-state index is 2.23. The molecule has 0 amide bonds. The summed E-state index contributed by atoms with van der Waals surface area (Å²) in [5, 5.41) is 2.11. The molecule has 0 aliphatic rings. The van der Waals surface area contributed by atoms with Crippen LogP contribution in [0.5, 0.6) is 0 Å². The van der Waals surface area contributed by atoms with Crippen molar-refractivity contribution in [3.63, 3.8) is 0 Å². The van der Waals surface area contributed by atoms with E-state index in [-0.39, 0.29) is 17.0 Å². The molecule has 1 heterocycles. The van der Waals surface area contributed by atoms with Crippen molar-refractivity contribution >= 4 is 36.7 Å². The zero-order chi connectivity index (χ0) is 8.39. The molecule has 62 valence electrons. The Morgan fingerprint density at radius 3 is 2.54 bits per heavy atom. The second-order valence-electron chi connectivity index (χ2n) is 2.68. The molecule has 13 heavy (non-hydrogen) atoms. The first kappa shape index (κ1) is 11.2. The number of halogens is 1. The van der Waals surface area contributed by atoms with Gasteiger partial charge in [0, 0.05) is 0 Å². The van der Waals surface area contributed by atoms with Crippen molar-refractivity contribution in [1.29, 1.82) is 0 Å². The van der Waals surface area contributed by atoms with Crippen molar-refractivity contribution in [1.82, 2.24) is 0 Å². The van der Waals surface area contributed by atoms with Crippen LogP contribution in [0.2, 0.25) is 0 Å². The molecular formula is C10H7BrMgS. The van der Waals surface area contributed by atoms with Crippen LogP contribution in [0.4, 0.5) is 0 Å². The van der Waals surface area contributed by atoms with Crippen LogP contribution < -0.4 is 20.7 Å². The third kappa shape index (κ3) is 2.81. The van der Waals surface area contributed by atoms with Crippen molar-refractivity contribution in [2.45, 2.75) is 0 Å². The Hall–Kier alpha value is 0.166. The van der Waals surface area contributed by atoms with E-state index in [0.29, 0.717) is 0 Å². The van der Waals surface area contributed by atoms with Crippen LogP contribution in [0.15, 0.2) is 41.8 Å². The summed E-state index contributed by atoms with van der Waals surface area (Å²) in [4.78, 5) is 1.35. The van der Waals surface area contributed by atoms with Gasteiger partial charge in [-0.05, 0) is 0 Å². The first-order valence-electron chi connectivity index (χ1n) is 3.82. The summed E-state index contributed by atoms with van der Waals surface area (Å²) in [5.74, 6) is 0. The minimum absolute atomic E-state index is 0. The quantitative estimate of drug-likeness (QED) is 0.592. The molecule has 0 unspecified atom stereocenters. The Morgan fingerprint density at radius 1 is 1.08 bits per heavy atom. The van der Waals surface area contributed by atoms with Gasteiger partial charge >= 0.3 is 89.0 Å². The predicted molar refractivity (Wildman–Crippen MR) is 55.1 cm³/mol. The average Bonchev–Trinajstić information content (AvgIpc) is 2.56. The number of benzene rings is 1. The third-order valence-electron chi connectivity index (χ3n) is 1.73. The second kappa shape index (κ2) is 5.15. The van der Waals surface area contributed by atoms with Crippen LogP contribution in [-0.4, -0.2) is 21.7 Å². The first-order chi connectivity index (χ1) is 5.86. The van der Waals surface area contributed by atoms with Gasteiger partial charge in [-0.2, -0.15) is 0 Å². The van der Waals surface area contributed by atoms with E-state index in [9.17, 15) is 0 Å². The molecule has 0 saturated carbocycles. The number of rotatable bonds is 1. The molecule has 0 saturated heterocycles. The number of hydrogen-bond acceptors (Lipinski definition) is 1. The molecule has 1 aromatic heterocycles. The van der Waals surface area contributed by atoms with E-state index in [1.54, 1.807) is 11.3 Å². The molecule has 0 aliphatic heterocycles. The van der Waals surface area contributed by atoms with Crippen LogP contribution in [0.3, 0.4) is 0 Å². The van der Waals surface area contributed by atoms with Gasteiger partial charge in [-0.3, -0.25) is 0 Å². The van der Waals surface area contributed by atoms with Crippen LogP contribution >= 0.6 is 11.3 Å². The van der Waals surface area contributed by atoms with E-state index in [1.165, 1.54) is 14.1 Å². The molecule has 0 bridgehead atoms. The van der Waals surface area contributed by atoms with Gasteiger partial charge in [-0.15, -0.1) is 0 Å². The van der Waals surface area contributed by atoms with Gasteiger partial charge in [0.25, 0.3) is 0 Å². The van der Waals surface area contributed by atoms with Crippen molar-refractivity contribution in [3.8, 4) is 10.4 Å². The molecule has 2 rings (SSSR count). The van der Waals surface area contributed by atoms with E-state index in [1.807, 2.05) is 21.7 Å². The van der Waals surface area contributed by atoms with Crippen molar-refractivity contribution in [3.05, 3.63) is 41.8 Å². The van der Waals surface area contributed by atoms with Crippen molar-refractivity contribution in [2.24, 2.45) is 0 Å². The molecule has 0 radical (unpaired) electrons. The van der Waals surface area contributed by atoms with E-state index >= 15 is 0 Å². The fourth-order valence-corrected chi connectivity index (χ4v) is 2.25. The van der Waals surface area contributed by atoms with Gasteiger partial charge in [-0.1, -0.05) is 0 Å². The fraction of sp³-hybridized carbons (Fsp3) is 0. The van der Waals surface area contributed by atoms with E-state index in [0.717, 1.165) is 0 Å². The SMILES string of the molecule is [Br-].[Mg+][c]1cccc(-c2cccs2)c1. The molecule has 0 N–H and O–H groups in total. The molecule has 0 atom stereocenters. The summed E-state index contributed by atoms with van der Waals surface area (Å²) in [6.07, 6.45) is 0. The van der Waals surface area contributed by atoms with Crippen LogP contribution in [-0.2, 0) is 0 Å². The Morgan fingerprint density at radius 2 is 1.92 bits per heavy atom. The predicted octanol–water partition coefficient (Wildman–Crippen LogP) is -0.787. The third-order valence-corrected chi connectivity index (χ3v) is 3.09. The topological polar surface area (TPSA) is 0 Å². The Kier molecular flexibility index (Phi) is 4.45. The van der Waals surface area contributed by atoms with Gasteiger partial charge in [0.15, 0.2) is 0 Å². The van der Waals surface area contributed by atoms with Gasteiger partial charge in [0.2, 0.25) is 0 Å². The summed E-state index contributed by atoms with van der Waals surface area (Å²) in [6.45, 7) is 0. The summed E-state index contributed by atoms with van der Waals surface area (Å²) < 4.78 is 1.35. The molecule has 2 aromatic rings. The van der Waals surface area contributed by atoms with Gasteiger partial charge < -0.3 is 17.0 Å². The minimum atomic E-state index is 0. The molecule has 0 spiro atoms. The fourth-order valence-electron chi connectivity index (χ4n) is 1.17. The number of thiophene rings is 1. The van der Waals surface area contributed by atoms with Gasteiger partial charge in [0.05, 0.1) is 0 Å². The monoisotopic (exact) mass is 262 g/mol. The Bertz CT molecular complexity index is 370. The average molecular weight is 263 g/mol. The number of hydrogen-bond donors (Lipinski definition) is 0. The van der Waals surface area contributed by atoms with Gasteiger partial charge in [0.1, 0.15) is 0 Å². The Labute approximate surface area is 105 Å². The van der Waals surface area contributed by atoms with E-state index in [2.05, 4.69) is 41.8 Å². The second-order valence-corrected chi connectivity index (χ2v) is 4.44. The summed E-state index contributed by atoms with van der Waals surface area (Å²) in [7, 11) is 0. The van der Waals surface area contributed by atoms with Crippen LogP contribution in [0.1, 0.15) is 0 Å². The van der Waals surface area contributed by atoms with Crippen molar-refractivity contribution < 1.29 is 17.0 Å². The van der Waals surface area contributed by atoms with Crippen molar-refractivity contribution in [2.75, 3.05) is 0 Å². The summed E-state index contributed by atoms with van der Waals surface area (Å²) >= 11 is 3.71. The van der Waals surface area contributed by atoms with Crippen LogP contribution in [0, 0.1) is 0 Å². The Balaban J connectivity index is 0.000000845. The molecule has 3 heteroatoms. The summed E-state index contributed by atoms with van der Waals surface area (Å²) in [5.41, 5.74) is 1.33. The molecule has 0 nitrogen and oxygen atoms in total. The summed E-state index contributed by atoms with van der Waals surface area (Å²) in [6, 6.07) is 12.9. The van der Waals surface area contributed by atoms with Crippen LogP contribution in [0.25, 0.3) is 10.4 Å². The molecular weight excluding hydrogens is 256 g/mol.